The Morgan fingerprint density at radius 3 is 2.42 bits per heavy atom. The number of aryl methyl sites for hydroxylation is 1. The van der Waals surface area contributed by atoms with Crippen LogP contribution in [0.25, 0.3) is 27.8 Å². The number of nitrogens with one attached hydrogen (secondary N) is 1. The number of aromatic nitrogens is 4. The molecule has 0 aliphatic carbocycles. The first-order valence-corrected chi connectivity index (χ1v) is 11.8. The molecule has 2 heterocycles. The average Bonchev–Trinajstić information content (AvgIpc) is 3.27. The molecule has 5 rings (SSSR count). The van der Waals surface area contributed by atoms with Gasteiger partial charge in [0.05, 0.1) is 12.8 Å². The van der Waals surface area contributed by atoms with Crippen LogP contribution in [0.15, 0.2) is 77.7 Å². The third-order valence-electron chi connectivity index (χ3n) is 5.47. The lowest BCUT2D eigenvalue weighted by atomic mass is 10.1. The van der Waals surface area contributed by atoms with Gasteiger partial charge < -0.3 is 4.74 Å². The third kappa shape index (κ3) is 3.81. The zero-order valence-electron chi connectivity index (χ0n) is 18.1. The highest BCUT2D eigenvalue weighted by Gasteiger charge is 2.22. The highest BCUT2D eigenvalue weighted by molar-refractivity contribution is 7.89. The Morgan fingerprint density at radius 1 is 0.939 bits per heavy atom. The smallest absolute Gasteiger partial charge is 0.244 e. The molecule has 3 aromatic carbocycles. The number of methoxy groups -OCH3 is 1. The van der Waals surface area contributed by atoms with E-state index in [9.17, 15) is 8.42 Å². The third-order valence-corrected chi connectivity index (χ3v) is 6.89. The van der Waals surface area contributed by atoms with E-state index in [1.54, 1.807) is 16.6 Å². The van der Waals surface area contributed by atoms with Gasteiger partial charge in [0.2, 0.25) is 10.0 Å². The van der Waals surface area contributed by atoms with Gasteiger partial charge >= 0.3 is 0 Å². The van der Waals surface area contributed by atoms with Crippen LogP contribution in [0.3, 0.4) is 0 Å². The second-order valence-electron chi connectivity index (χ2n) is 7.57. The Labute approximate surface area is 190 Å². The van der Waals surface area contributed by atoms with E-state index in [0.717, 1.165) is 22.0 Å². The van der Waals surface area contributed by atoms with Crippen LogP contribution in [0.4, 0.5) is 0 Å². The van der Waals surface area contributed by atoms with Crippen LogP contribution in [0.1, 0.15) is 11.3 Å². The predicted molar refractivity (Wildman–Crippen MR) is 125 cm³/mol. The maximum Gasteiger partial charge on any atom is 0.244 e. The molecular formula is C24H21N5O3S. The first-order valence-electron chi connectivity index (χ1n) is 10.3. The Bertz CT molecular complexity index is 1580. The molecule has 0 saturated carbocycles. The lowest BCUT2D eigenvalue weighted by Crippen LogP contribution is -2.23. The van der Waals surface area contributed by atoms with Gasteiger partial charge in [-0.3, -0.25) is 0 Å². The molecule has 0 radical (unpaired) electrons. The zero-order chi connectivity index (χ0) is 23.0. The van der Waals surface area contributed by atoms with Crippen LogP contribution in [0.2, 0.25) is 0 Å². The molecule has 0 bridgehead atoms. The fourth-order valence-corrected chi connectivity index (χ4v) is 5.01. The van der Waals surface area contributed by atoms with Crippen molar-refractivity contribution in [1.29, 1.82) is 0 Å². The summed E-state index contributed by atoms with van der Waals surface area (Å²) in [5, 5.41) is 15.2. The Morgan fingerprint density at radius 2 is 1.67 bits per heavy atom. The molecule has 9 heteroatoms. The zero-order valence-corrected chi connectivity index (χ0v) is 18.9. The van der Waals surface area contributed by atoms with E-state index in [2.05, 4.69) is 20.0 Å². The van der Waals surface area contributed by atoms with Crippen molar-refractivity contribution in [3.8, 4) is 17.1 Å². The van der Waals surface area contributed by atoms with Gasteiger partial charge in [0.1, 0.15) is 10.6 Å². The topological polar surface area (TPSA) is 98.5 Å². The highest BCUT2D eigenvalue weighted by Crippen LogP contribution is 2.30. The molecule has 0 unspecified atom stereocenters. The van der Waals surface area contributed by atoms with Crippen molar-refractivity contribution >= 4 is 26.4 Å². The molecular weight excluding hydrogens is 438 g/mol. The Hall–Kier alpha value is -3.82. The predicted octanol–water partition coefficient (Wildman–Crippen LogP) is 3.74. The summed E-state index contributed by atoms with van der Waals surface area (Å²) in [6.07, 6.45) is 0. The summed E-state index contributed by atoms with van der Waals surface area (Å²) in [5.74, 6) is 0.684. The molecule has 166 valence electrons. The van der Waals surface area contributed by atoms with Crippen molar-refractivity contribution in [2.45, 2.75) is 18.4 Å². The summed E-state index contributed by atoms with van der Waals surface area (Å²) < 4.78 is 35.9. The summed E-state index contributed by atoms with van der Waals surface area (Å²) >= 11 is 0. The monoisotopic (exact) mass is 459 g/mol. The van der Waals surface area contributed by atoms with E-state index in [1.807, 2.05) is 61.5 Å². The number of hydrogen-bond acceptors (Lipinski definition) is 6. The number of sulfonamides is 1. The fraction of sp³-hybridized carbons (Fsp3) is 0.125. The Kier molecular flexibility index (Phi) is 5.27. The molecule has 0 aliphatic rings. The van der Waals surface area contributed by atoms with E-state index < -0.39 is 10.0 Å². The van der Waals surface area contributed by atoms with Gasteiger partial charge in [-0.25, -0.2) is 13.1 Å². The molecule has 8 nitrogen and oxygen atoms in total. The molecule has 0 spiro atoms. The standard InChI is InChI=1S/C24H21N5O3S/c1-16-19-10-6-7-11-20(19)24-27-26-23(29(24)28-16)18-12-13-21(32-2)22(14-18)33(30,31)25-15-17-8-4-3-5-9-17/h3-14,25H,15H2,1-2H3. The summed E-state index contributed by atoms with van der Waals surface area (Å²) in [6, 6.07) is 22.1. The second kappa shape index (κ2) is 8.27. The molecule has 1 N–H and O–H groups in total. The highest BCUT2D eigenvalue weighted by atomic mass is 32.2. The minimum absolute atomic E-state index is 0.0210. The summed E-state index contributed by atoms with van der Waals surface area (Å²) in [6.45, 7) is 2.08. The van der Waals surface area contributed by atoms with E-state index in [4.69, 9.17) is 4.74 Å². The van der Waals surface area contributed by atoms with Gasteiger partial charge in [0.15, 0.2) is 11.5 Å². The summed E-state index contributed by atoms with van der Waals surface area (Å²) in [4.78, 5) is 0.0210. The van der Waals surface area contributed by atoms with E-state index in [1.165, 1.54) is 13.2 Å². The van der Waals surface area contributed by atoms with Gasteiger partial charge in [-0.05, 0) is 30.7 Å². The fourth-order valence-electron chi connectivity index (χ4n) is 3.80. The van der Waals surface area contributed by atoms with Gasteiger partial charge in [0.25, 0.3) is 0 Å². The van der Waals surface area contributed by atoms with Crippen molar-refractivity contribution in [1.82, 2.24) is 24.5 Å². The number of ether oxygens (including phenoxy) is 1. The van der Waals surface area contributed by atoms with Gasteiger partial charge in [-0.15, -0.1) is 10.2 Å². The first-order chi connectivity index (χ1) is 16.0. The minimum atomic E-state index is -3.86. The number of fused-ring (bicyclic) bond motifs is 3. The lowest BCUT2D eigenvalue weighted by Gasteiger charge is -2.12. The molecule has 0 saturated heterocycles. The van der Waals surface area contributed by atoms with Crippen LogP contribution in [-0.2, 0) is 16.6 Å². The maximum absolute atomic E-state index is 13.1. The minimum Gasteiger partial charge on any atom is -0.495 e. The molecule has 0 fully saturated rings. The van der Waals surface area contributed by atoms with Crippen molar-refractivity contribution in [2.24, 2.45) is 0 Å². The summed E-state index contributed by atoms with van der Waals surface area (Å²) in [7, 11) is -2.42. The van der Waals surface area contributed by atoms with Crippen molar-refractivity contribution < 1.29 is 13.2 Å². The lowest BCUT2D eigenvalue weighted by molar-refractivity contribution is 0.402. The van der Waals surface area contributed by atoms with Crippen LogP contribution in [0.5, 0.6) is 5.75 Å². The van der Waals surface area contributed by atoms with Gasteiger partial charge in [-0.2, -0.15) is 9.61 Å². The molecule has 33 heavy (non-hydrogen) atoms. The van der Waals surface area contributed by atoms with Crippen LogP contribution < -0.4 is 9.46 Å². The van der Waals surface area contributed by atoms with Gasteiger partial charge in [0, 0.05) is 22.9 Å². The molecule has 2 aromatic heterocycles. The van der Waals surface area contributed by atoms with Crippen molar-refractivity contribution in [3.63, 3.8) is 0 Å². The number of rotatable bonds is 6. The SMILES string of the molecule is COc1ccc(-c2nnc3c4ccccc4c(C)nn23)cc1S(=O)(=O)NCc1ccccc1. The van der Waals surface area contributed by atoms with E-state index in [0.29, 0.717) is 17.0 Å². The van der Waals surface area contributed by atoms with Gasteiger partial charge in [-0.1, -0.05) is 54.6 Å². The quantitative estimate of drug-likeness (QED) is 0.415. The molecule has 5 aromatic rings. The second-order valence-corrected chi connectivity index (χ2v) is 9.30. The van der Waals surface area contributed by atoms with Crippen LogP contribution in [-0.4, -0.2) is 35.3 Å². The first kappa shape index (κ1) is 21.0. The molecule has 0 amide bonds. The van der Waals surface area contributed by atoms with Crippen molar-refractivity contribution in [3.05, 3.63) is 84.1 Å². The summed E-state index contributed by atoms with van der Waals surface area (Å²) in [5.41, 5.74) is 2.84. The Balaban J connectivity index is 1.59. The maximum atomic E-state index is 13.1. The van der Waals surface area contributed by atoms with Crippen LogP contribution in [0, 0.1) is 6.92 Å². The number of nitrogens with zero attached hydrogens (tertiary/aromatic N) is 4. The van der Waals surface area contributed by atoms with E-state index >= 15 is 0 Å². The normalized spacial score (nSPS) is 11.8. The average molecular weight is 460 g/mol. The number of hydrogen-bond donors (Lipinski definition) is 1. The van der Waals surface area contributed by atoms with Crippen molar-refractivity contribution in [2.75, 3.05) is 7.11 Å². The van der Waals surface area contributed by atoms with Crippen LogP contribution >= 0.6 is 0 Å². The molecule has 0 aliphatic heterocycles. The number of benzene rings is 3. The molecule has 0 atom stereocenters. The largest absolute Gasteiger partial charge is 0.495 e. The van der Waals surface area contributed by atoms with E-state index in [-0.39, 0.29) is 17.2 Å².